The second kappa shape index (κ2) is 5.88. The fraction of sp³-hybridized carbons (Fsp3) is 0.154. The Bertz CT molecular complexity index is 837. The number of thiophene rings is 1. The van der Waals surface area contributed by atoms with Crippen molar-refractivity contribution in [1.29, 1.82) is 0 Å². The van der Waals surface area contributed by atoms with Gasteiger partial charge >= 0.3 is 0 Å². The zero-order valence-corrected chi connectivity index (χ0v) is 14.1. The molecule has 0 saturated heterocycles. The molecular weight excluding hydrogens is 374 g/mol. The smallest absolute Gasteiger partial charge is 0.250 e. The van der Waals surface area contributed by atoms with Gasteiger partial charge in [-0.1, -0.05) is 12.1 Å². The number of halogens is 1. The van der Waals surface area contributed by atoms with Crippen LogP contribution in [-0.2, 0) is 16.4 Å². The average Bonchev–Trinajstić information content (AvgIpc) is 3.04. The van der Waals surface area contributed by atoms with Crippen LogP contribution in [0.5, 0.6) is 0 Å². The van der Waals surface area contributed by atoms with Crippen molar-refractivity contribution < 1.29 is 8.42 Å². The maximum absolute atomic E-state index is 12.1. The molecule has 8 heteroatoms. The van der Waals surface area contributed by atoms with Gasteiger partial charge in [0, 0.05) is 13.0 Å². The van der Waals surface area contributed by atoms with E-state index >= 15 is 0 Å². The number of H-pyrrole nitrogens is 1. The lowest BCUT2D eigenvalue weighted by Crippen LogP contribution is -2.25. The van der Waals surface area contributed by atoms with Crippen LogP contribution in [-0.4, -0.2) is 24.9 Å². The van der Waals surface area contributed by atoms with Crippen LogP contribution in [0.1, 0.15) is 5.82 Å². The van der Waals surface area contributed by atoms with Crippen molar-refractivity contribution in [3.05, 3.63) is 46.0 Å². The van der Waals surface area contributed by atoms with Gasteiger partial charge in [0.05, 0.1) is 14.8 Å². The van der Waals surface area contributed by atoms with Crippen molar-refractivity contribution >= 4 is 48.3 Å². The van der Waals surface area contributed by atoms with Crippen molar-refractivity contribution in [1.82, 2.24) is 14.7 Å². The lowest BCUT2D eigenvalue weighted by molar-refractivity contribution is 0.583. The minimum atomic E-state index is -3.44. The van der Waals surface area contributed by atoms with Gasteiger partial charge in [-0.05, 0) is 40.2 Å². The lowest BCUT2D eigenvalue weighted by atomic mass is 10.3. The molecule has 0 aliphatic carbocycles. The van der Waals surface area contributed by atoms with Gasteiger partial charge in [-0.25, -0.2) is 18.1 Å². The number of nitrogens with zero attached hydrogens (tertiary/aromatic N) is 1. The number of benzene rings is 1. The molecule has 5 nitrogen and oxygen atoms in total. The van der Waals surface area contributed by atoms with Crippen molar-refractivity contribution in [2.45, 2.75) is 10.6 Å². The molecule has 0 amide bonds. The second-order valence-corrected chi connectivity index (χ2v) is 8.86. The molecule has 2 heterocycles. The van der Waals surface area contributed by atoms with E-state index in [1.807, 2.05) is 24.3 Å². The highest BCUT2D eigenvalue weighted by atomic mass is 79.9. The summed E-state index contributed by atoms with van der Waals surface area (Å²) in [7, 11) is -3.44. The predicted molar refractivity (Wildman–Crippen MR) is 87.0 cm³/mol. The van der Waals surface area contributed by atoms with E-state index in [1.165, 1.54) is 11.3 Å². The number of sulfonamides is 1. The Morgan fingerprint density at radius 1 is 1.24 bits per heavy atom. The summed E-state index contributed by atoms with van der Waals surface area (Å²) in [5.41, 5.74) is 1.84. The summed E-state index contributed by atoms with van der Waals surface area (Å²) < 4.78 is 27.8. The molecule has 0 spiro atoms. The van der Waals surface area contributed by atoms with Gasteiger partial charge in [0.1, 0.15) is 10.0 Å². The van der Waals surface area contributed by atoms with Crippen molar-refractivity contribution in [3.8, 4) is 0 Å². The van der Waals surface area contributed by atoms with Crippen molar-refractivity contribution in [3.63, 3.8) is 0 Å². The van der Waals surface area contributed by atoms with Gasteiger partial charge in [0.15, 0.2) is 0 Å². The molecular formula is C13H12BrN3O2S2. The molecule has 0 unspecified atom stereocenters. The number of imidazole rings is 1. The van der Waals surface area contributed by atoms with Crippen LogP contribution in [0.2, 0.25) is 0 Å². The van der Waals surface area contributed by atoms with E-state index in [4.69, 9.17) is 0 Å². The molecule has 21 heavy (non-hydrogen) atoms. The molecule has 1 aromatic carbocycles. The first-order valence-corrected chi connectivity index (χ1v) is 9.32. The molecule has 2 aromatic heterocycles. The monoisotopic (exact) mass is 385 g/mol. The number of rotatable bonds is 5. The third-order valence-corrected chi connectivity index (χ3v) is 6.48. The number of hydrogen-bond acceptors (Lipinski definition) is 4. The molecule has 0 aliphatic rings. The number of para-hydroxylation sites is 2. The highest BCUT2D eigenvalue weighted by Gasteiger charge is 2.16. The first-order chi connectivity index (χ1) is 10.0. The summed E-state index contributed by atoms with van der Waals surface area (Å²) in [6.07, 6.45) is 0.514. The maximum atomic E-state index is 12.1. The second-order valence-electron chi connectivity index (χ2n) is 4.41. The third kappa shape index (κ3) is 3.34. The van der Waals surface area contributed by atoms with Crippen LogP contribution in [0.25, 0.3) is 11.0 Å². The van der Waals surface area contributed by atoms with Crippen molar-refractivity contribution in [2.75, 3.05) is 6.54 Å². The standard InChI is InChI=1S/C13H12BrN3O2S2/c14-11-5-6-13(20-11)21(18,19)15-8-7-12-16-9-3-1-2-4-10(9)17-12/h1-6,15H,7-8H2,(H,16,17). The summed E-state index contributed by atoms with van der Waals surface area (Å²) in [6.45, 7) is 0.303. The van der Waals surface area contributed by atoms with Crippen LogP contribution in [0, 0.1) is 0 Å². The van der Waals surface area contributed by atoms with E-state index in [2.05, 4.69) is 30.6 Å². The molecule has 0 atom stereocenters. The minimum absolute atomic E-state index is 0.303. The Balaban J connectivity index is 1.65. The van der Waals surface area contributed by atoms with Gasteiger partial charge in [-0.2, -0.15) is 0 Å². The molecule has 0 saturated carbocycles. The molecule has 3 rings (SSSR count). The quantitative estimate of drug-likeness (QED) is 0.708. The molecule has 0 aliphatic heterocycles. The molecule has 110 valence electrons. The van der Waals surface area contributed by atoms with Crippen LogP contribution < -0.4 is 4.72 Å². The Morgan fingerprint density at radius 3 is 2.76 bits per heavy atom. The predicted octanol–water partition coefficient (Wildman–Crippen LogP) is 2.91. The van der Waals surface area contributed by atoms with E-state index in [1.54, 1.807) is 12.1 Å². The molecule has 2 N–H and O–H groups in total. The highest BCUT2D eigenvalue weighted by Crippen LogP contribution is 2.25. The average molecular weight is 386 g/mol. The number of aromatic amines is 1. The Morgan fingerprint density at radius 2 is 2.05 bits per heavy atom. The fourth-order valence-corrected chi connectivity index (χ4v) is 5.03. The van der Waals surface area contributed by atoms with Crippen LogP contribution in [0.3, 0.4) is 0 Å². The van der Waals surface area contributed by atoms with E-state index in [0.29, 0.717) is 17.2 Å². The van der Waals surface area contributed by atoms with Gasteiger partial charge in [-0.15, -0.1) is 11.3 Å². The number of fused-ring (bicyclic) bond motifs is 1. The minimum Gasteiger partial charge on any atom is -0.342 e. The zero-order valence-electron chi connectivity index (χ0n) is 10.8. The number of hydrogen-bond donors (Lipinski definition) is 2. The largest absolute Gasteiger partial charge is 0.342 e. The van der Waals surface area contributed by atoms with E-state index in [0.717, 1.165) is 20.6 Å². The number of nitrogens with one attached hydrogen (secondary N) is 2. The zero-order chi connectivity index (χ0) is 14.9. The fourth-order valence-electron chi connectivity index (χ4n) is 1.94. The van der Waals surface area contributed by atoms with Gasteiger partial charge in [-0.3, -0.25) is 0 Å². The van der Waals surface area contributed by atoms with E-state index in [-0.39, 0.29) is 0 Å². The van der Waals surface area contributed by atoms with Crippen LogP contribution >= 0.6 is 27.3 Å². The summed E-state index contributed by atoms with van der Waals surface area (Å²) >= 11 is 4.45. The normalized spacial score (nSPS) is 12.0. The Kier molecular flexibility index (Phi) is 4.12. The van der Waals surface area contributed by atoms with Gasteiger partial charge in [0.2, 0.25) is 10.0 Å². The van der Waals surface area contributed by atoms with Crippen LogP contribution in [0.4, 0.5) is 0 Å². The Labute approximate surface area is 134 Å². The third-order valence-electron chi connectivity index (χ3n) is 2.91. The van der Waals surface area contributed by atoms with Crippen molar-refractivity contribution in [2.24, 2.45) is 0 Å². The first kappa shape index (κ1) is 14.7. The first-order valence-electron chi connectivity index (χ1n) is 6.23. The van der Waals surface area contributed by atoms with Gasteiger partial charge < -0.3 is 4.98 Å². The molecule has 0 radical (unpaired) electrons. The summed E-state index contributed by atoms with van der Waals surface area (Å²) in [6, 6.07) is 11.0. The van der Waals surface area contributed by atoms with Crippen LogP contribution in [0.15, 0.2) is 44.4 Å². The van der Waals surface area contributed by atoms with E-state index in [9.17, 15) is 8.42 Å². The number of aromatic nitrogens is 2. The molecule has 0 bridgehead atoms. The summed E-state index contributed by atoms with van der Waals surface area (Å²) in [5.74, 6) is 0.770. The highest BCUT2D eigenvalue weighted by molar-refractivity contribution is 9.11. The van der Waals surface area contributed by atoms with Gasteiger partial charge in [0.25, 0.3) is 0 Å². The summed E-state index contributed by atoms with van der Waals surface area (Å²) in [5, 5.41) is 0. The molecule has 3 aromatic rings. The van der Waals surface area contributed by atoms with E-state index < -0.39 is 10.0 Å². The Hall–Kier alpha value is -1.22. The maximum Gasteiger partial charge on any atom is 0.250 e. The topological polar surface area (TPSA) is 74.8 Å². The molecule has 0 fully saturated rings. The lowest BCUT2D eigenvalue weighted by Gasteiger charge is -2.02. The SMILES string of the molecule is O=S(=O)(NCCc1nc2ccccc2[nH]1)c1ccc(Br)s1. The summed E-state index contributed by atoms with van der Waals surface area (Å²) in [4.78, 5) is 7.59.